The van der Waals surface area contributed by atoms with E-state index in [1.54, 1.807) is 11.3 Å². The summed E-state index contributed by atoms with van der Waals surface area (Å²) in [6.07, 6.45) is 3.67. The van der Waals surface area contributed by atoms with Crippen molar-refractivity contribution in [2.45, 2.75) is 19.4 Å². The molecule has 1 N–H and O–H groups in total. The second-order valence-electron chi connectivity index (χ2n) is 7.85. The lowest BCUT2D eigenvalue weighted by Gasteiger charge is -2.12. The van der Waals surface area contributed by atoms with E-state index in [1.165, 1.54) is 0 Å². The maximum atomic E-state index is 13.2. The minimum Gasteiger partial charge on any atom is -0.452 e. The number of pyridine rings is 1. The molecule has 1 aliphatic rings. The third kappa shape index (κ3) is 4.56. The number of esters is 1. The number of hydrogen-bond acceptors (Lipinski definition) is 5. The highest BCUT2D eigenvalue weighted by molar-refractivity contribution is 7.10. The maximum absolute atomic E-state index is 13.2. The van der Waals surface area contributed by atoms with Crippen molar-refractivity contribution >= 4 is 45.8 Å². The topological polar surface area (TPSA) is 68.3 Å². The first kappa shape index (κ1) is 21.1. The summed E-state index contributed by atoms with van der Waals surface area (Å²) in [6.45, 7) is 0.0661. The van der Waals surface area contributed by atoms with Gasteiger partial charge in [0, 0.05) is 16.8 Å². The Morgan fingerprint density at radius 2 is 1.82 bits per heavy atom. The SMILES string of the molecule is O=C(COC(=O)c1c2c(nc3ccccc13)C(=Cc1cccs1)CC2)NCc1ccccc1. The smallest absolute Gasteiger partial charge is 0.339 e. The molecule has 0 unspecified atom stereocenters. The Kier molecular flexibility index (Phi) is 6.00. The van der Waals surface area contributed by atoms with Gasteiger partial charge in [-0.25, -0.2) is 9.78 Å². The number of carbonyl (C=O) groups excluding carboxylic acids is 2. The quantitative estimate of drug-likeness (QED) is 0.404. The molecule has 2 heterocycles. The molecule has 2 aromatic heterocycles. The van der Waals surface area contributed by atoms with Gasteiger partial charge in [-0.1, -0.05) is 54.6 Å². The molecule has 0 fully saturated rings. The highest BCUT2D eigenvalue weighted by atomic mass is 32.1. The summed E-state index contributed by atoms with van der Waals surface area (Å²) in [4.78, 5) is 31.5. The minimum absolute atomic E-state index is 0.324. The summed E-state index contributed by atoms with van der Waals surface area (Å²) in [7, 11) is 0. The third-order valence-electron chi connectivity index (χ3n) is 5.67. The Bertz CT molecular complexity index is 1340. The molecule has 0 spiro atoms. The Morgan fingerprint density at radius 1 is 1.00 bits per heavy atom. The summed E-state index contributed by atoms with van der Waals surface area (Å²) < 4.78 is 5.46. The molecule has 0 saturated heterocycles. The molecule has 164 valence electrons. The van der Waals surface area contributed by atoms with Gasteiger partial charge in [0.25, 0.3) is 5.91 Å². The first-order valence-electron chi connectivity index (χ1n) is 10.8. The number of nitrogens with one attached hydrogen (secondary N) is 1. The molecule has 0 radical (unpaired) electrons. The molecule has 1 amide bonds. The van der Waals surface area contributed by atoms with Gasteiger partial charge in [0.15, 0.2) is 6.61 Å². The number of ether oxygens (including phenoxy) is 1. The number of carbonyl (C=O) groups is 2. The summed E-state index contributed by atoms with van der Waals surface area (Å²) in [6, 6.07) is 21.3. The number of thiophene rings is 1. The van der Waals surface area contributed by atoms with Crippen LogP contribution < -0.4 is 5.32 Å². The van der Waals surface area contributed by atoms with Gasteiger partial charge < -0.3 is 10.1 Å². The van der Waals surface area contributed by atoms with Gasteiger partial charge in [-0.05, 0) is 53.1 Å². The normalized spacial score (nSPS) is 13.8. The van der Waals surface area contributed by atoms with Crippen molar-refractivity contribution in [1.29, 1.82) is 0 Å². The van der Waals surface area contributed by atoms with E-state index in [0.717, 1.165) is 51.0 Å². The summed E-state index contributed by atoms with van der Waals surface area (Å²) in [5.74, 6) is -0.822. The molecular formula is C27H22N2O3S. The van der Waals surface area contributed by atoms with Crippen molar-refractivity contribution in [2.24, 2.45) is 0 Å². The van der Waals surface area contributed by atoms with Gasteiger partial charge >= 0.3 is 5.97 Å². The van der Waals surface area contributed by atoms with Crippen molar-refractivity contribution in [3.05, 3.63) is 99.4 Å². The summed E-state index contributed by atoms with van der Waals surface area (Å²) in [5.41, 5.74) is 5.11. The molecular weight excluding hydrogens is 432 g/mol. The average Bonchev–Trinajstić information content (AvgIpc) is 3.51. The number of benzene rings is 2. The first-order valence-corrected chi connectivity index (χ1v) is 11.7. The van der Waals surface area contributed by atoms with Gasteiger partial charge in [0.2, 0.25) is 0 Å². The second-order valence-corrected chi connectivity index (χ2v) is 8.83. The molecule has 2 aromatic carbocycles. The van der Waals surface area contributed by atoms with Crippen molar-refractivity contribution in [1.82, 2.24) is 10.3 Å². The number of para-hydroxylation sites is 1. The summed E-state index contributed by atoms with van der Waals surface area (Å²) >= 11 is 1.67. The van der Waals surface area contributed by atoms with Crippen molar-refractivity contribution in [3.63, 3.8) is 0 Å². The number of nitrogens with zero attached hydrogens (tertiary/aromatic N) is 1. The average molecular weight is 455 g/mol. The molecule has 0 saturated carbocycles. The van der Waals surface area contributed by atoms with Crippen LogP contribution >= 0.6 is 11.3 Å². The van der Waals surface area contributed by atoms with Gasteiger partial charge in [-0.2, -0.15) is 0 Å². The van der Waals surface area contributed by atoms with Crippen LogP contribution in [0.4, 0.5) is 0 Å². The molecule has 5 rings (SSSR count). The Hall–Kier alpha value is -3.77. The van der Waals surface area contributed by atoms with Crippen LogP contribution in [0, 0.1) is 0 Å². The largest absolute Gasteiger partial charge is 0.452 e. The van der Waals surface area contributed by atoms with Crippen LogP contribution in [-0.2, 0) is 22.5 Å². The van der Waals surface area contributed by atoms with E-state index in [0.29, 0.717) is 12.1 Å². The zero-order valence-corrected chi connectivity index (χ0v) is 18.7. The van der Waals surface area contributed by atoms with E-state index in [1.807, 2.05) is 66.0 Å². The zero-order chi connectivity index (χ0) is 22.6. The van der Waals surface area contributed by atoms with Crippen LogP contribution in [0.25, 0.3) is 22.6 Å². The molecule has 0 atom stereocenters. The molecule has 1 aliphatic carbocycles. The van der Waals surface area contributed by atoms with Crippen LogP contribution in [0.5, 0.6) is 0 Å². The van der Waals surface area contributed by atoms with Gasteiger partial charge in [-0.15, -0.1) is 11.3 Å². The molecule has 5 nitrogen and oxygen atoms in total. The van der Waals surface area contributed by atoms with Crippen LogP contribution in [0.2, 0.25) is 0 Å². The summed E-state index contributed by atoms with van der Waals surface area (Å²) in [5, 5.41) is 5.59. The lowest BCUT2D eigenvalue weighted by atomic mass is 10.0. The van der Waals surface area contributed by atoms with Crippen molar-refractivity contribution < 1.29 is 14.3 Å². The fraction of sp³-hybridized carbons (Fsp3) is 0.148. The number of hydrogen-bond donors (Lipinski definition) is 1. The number of rotatable bonds is 6. The Balaban J connectivity index is 1.38. The minimum atomic E-state index is -0.489. The van der Waals surface area contributed by atoms with Crippen molar-refractivity contribution in [3.8, 4) is 0 Å². The van der Waals surface area contributed by atoms with Gasteiger partial charge in [0.1, 0.15) is 0 Å². The van der Waals surface area contributed by atoms with Crippen LogP contribution in [-0.4, -0.2) is 23.5 Å². The monoisotopic (exact) mass is 454 g/mol. The first-order chi connectivity index (χ1) is 16.2. The number of amides is 1. The molecule has 6 heteroatoms. The fourth-order valence-corrected chi connectivity index (χ4v) is 4.79. The van der Waals surface area contributed by atoms with Gasteiger partial charge in [-0.3, -0.25) is 4.79 Å². The lowest BCUT2D eigenvalue weighted by Crippen LogP contribution is -2.28. The third-order valence-corrected chi connectivity index (χ3v) is 6.49. The van der Waals surface area contributed by atoms with Crippen LogP contribution in [0.1, 0.15) is 38.5 Å². The van der Waals surface area contributed by atoms with Crippen LogP contribution in [0.15, 0.2) is 72.1 Å². The van der Waals surface area contributed by atoms with Crippen molar-refractivity contribution in [2.75, 3.05) is 6.61 Å². The molecule has 0 aliphatic heterocycles. The number of allylic oxidation sites excluding steroid dienone is 1. The highest BCUT2D eigenvalue weighted by Crippen LogP contribution is 2.38. The van der Waals surface area contributed by atoms with E-state index in [9.17, 15) is 9.59 Å². The fourth-order valence-electron chi connectivity index (χ4n) is 4.11. The Morgan fingerprint density at radius 3 is 2.64 bits per heavy atom. The predicted octanol–water partition coefficient (Wildman–Crippen LogP) is 5.26. The number of aromatic nitrogens is 1. The Labute approximate surface area is 195 Å². The van der Waals surface area contributed by atoms with E-state index in [4.69, 9.17) is 9.72 Å². The van der Waals surface area contributed by atoms with Gasteiger partial charge in [0.05, 0.1) is 16.8 Å². The second kappa shape index (κ2) is 9.38. The van der Waals surface area contributed by atoms with E-state index < -0.39 is 5.97 Å². The van der Waals surface area contributed by atoms with E-state index in [-0.39, 0.29) is 12.5 Å². The van der Waals surface area contributed by atoms with E-state index >= 15 is 0 Å². The zero-order valence-electron chi connectivity index (χ0n) is 17.9. The standard InChI is InChI=1S/C27H22N2O3S/c30-24(28-16-18-7-2-1-3-8-18)17-32-27(31)25-21-10-4-5-11-23(21)29-26-19(12-13-22(25)26)15-20-9-6-14-33-20/h1-11,14-15H,12-13,16-17H2,(H,28,30). The van der Waals surface area contributed by atoms with E-state index in [2.05, 4.69) is 17.5 Å². The number of fused-ring (bicyclic) bond motifs is 2. The maximum Gasteiger partial charge on any atom is 0.339 e. The highest BCUT2D eigenvalue weighted by Gasteiger charge is 2.28. The molecule has 4 aromatic rings. The molecule has 33 heavy (non-hydrogen) atoms. The molecule has 0 bridgehead atoms. The lowest BCUT2D eigenvalue weighted by molar-refractivity contribution is -0.124. The predicted molar refractivity (Wildman–Crippen MR) is 131 cm³/mol. The van der Waals surface area contributed by atoms with Crippen LogP contribution in [0.3, 0.4) is 0 Å².